The van der Waals surface area contributed by atoms with Crippen LogP contribution in [-0.2, 0) is 0 Å². The van der Waals surface area contributed by atoms with E-state index >= 15 is 0 Å². The quantitative estimate of drug-likeness (QED) is 0.754. The number of nitrogens with two attached hydrogens (primary N) is 1. The first-order chi connectivity index (χ1) is 7.66. The molecule has 0 heterocycles. The van der Waals surface area contributed by atoms with Crippen molar-refractivity contribution in [2.24, 2.45) is 5.73 Å². The van der Waals surface area contributed by atoms with Crippen LogP contribution in [-0.4, -0.2) is 42.1 Å². The molecule has 1 rings (SSSR count). The number of likely N-dealkylation sites (N-methyl/N-ethyl adjacent to an activating group) is 1. The topological polar surface area (TPSA) is 29.3 Å². The summed E-state index contributed by atoms with van der Waals surface area (Å²) in [5, 5.41) is 0. The van der Waals surface area contributed by atoms with Gasteiger partial charge in [0.2, 0.25) is 0 Å². The fourth-order valence-electron chi connectivity index (χ4n) is 2.91. The molecule has 0 saturated heterocycles. The van der Waals surface area contributed by atoms with Crippen LogP contribution in [0.5, 0.6) is 0 Å². The summed E-state index contributed by atoms with van der Waals surface area (Å²) < 4.78 is 0. The molecule has 0 aromatic heterocycles. The van der Waals surface area contributed by atoms with Crippen LogP contribution in [0.3, 0.4) is 0 Å². The molecule has 16 heavy (non-hydrogen) atoms. The Labute approximate surface area is 105 Å². The summed E-state index contributed by atoms with van der Waals surface area (Å²) in [5.41, 5.74) is 6.38. The summed E-state index contributed by atoms with van der Waals surface area (Å²) in [6, 6.07) is 0.636. The number of hydrogen-bond donors (Lipinski definition) is 1. The SMILES string of the molecule is CSCC(C)N(C)C1(CN)CCCCCC1. The smallest absolute Gasteiger partial charge is 0.0331 e. The van der Waals surface area contributed by atoms with Gasteiger partial charge in [0, 0.05) is 23.9 Å². The molecule has 0 aliphatic heterocycles. The van der Waals surface area contributed by atoms with Crippen LogP contribution in [0.4, 0.5) is 0 Å². The summed E-state index contributed by atoms with van der Waals surface area (Å²) in [7, 11) is 2.28. The Morgan fingerprint density at radius 1 is 1.25 bits per heavy atom. The fourth-order valence-corrected chi connectivity index (χ4v) is 3.61. The van der Waals surface area contributed by atoms with Crippen LogP contribution in [0, 0.1) is 0 Å². The van der Waals surface area contributed by atoms with Gasteiger partial charge in [0.05, 0.1) is 0 Å². The third-order valence-corrected chi connectivity index (χ3v) is 5.05. The first-order valence-corrected chi connectivity index (χ1v) is 7.97. The Balaban J connectivity index is 2.68. The maximum absolute atomic E-state index is 6.09. The minimum Gasteiger partial charge on any atom is -0.329 e. The van der Waals surface area contributed by atoms with Gasteiger partial charge >= 0.3 is 0 Å². The van der Waals surface area contributed by atoms with Crippen molar-refractivity contribution in [1.82, 2.24) is 4.90 Å². The fraction of sp³-hybridized carbons (Fsp3) is 1.00. The van der Waals surface area contributed by atoms with Crippen LogP contribution < -0.4 is 5.73 Å². The van der Waals surface area contributed by atoms with Gasteiger partial charge in [0.25, 0.3) is 0 Å². The highest BCUT2D eigenvalue weighted by Gasteiger charge is 2.35. The minimum atomic E-state index is 0.283. The molecule has 0 spiro atoms. The van der Waals surface area contributed by atoms with Crippen LogP contribution in [0.25, 0.3) is 0 Å². The van der Waals surface area contributed by atoms with E-state index in [2.05, 4.69) is 25.1 Å². The van der Waals surface area contributed by atoms with Gasteiger partial charge in [0.1, 0.15) is 0 Å². The molecule has 1 saturated carbocycles. The van der Waals surface area contributed by atoms with Crippen molar-refractivity contribution in [2.75, 3.05) is 25.6 Å². The van der Waals surface area contributed by atoms with Crippen molar-refractivity contribution in [3.63, 3.8) is 0 Å². The lowest BCUT2D eigenvalue weighted by Crippen LogP contribution is -2.55. The average Bonchev–Trinajstić information content (AvgIpc) is 2.54. The Morgan fingerprint density at radius 3 is 2.25 bits per heavy atom. The van der Waals surface area contributed by atoms with E-state index in [0.29, 0.717) is 6.04 Å². The third-order valence-electron chi connectivity index (χ3n) is 4.23. The number of nitrogens with zero attached hydrogens (tertiary/aromatic N) is 1. The Bertz CT molecular complexity index is 188. The summed E-state index contributed by atoms with van der Waals surface area (Å²) >= 11 is 1.93. The van der Waals surface area contributed by atoms with Gasteiger partial charge in [-0.25, -0.2) is 0 Å². The Morgan fingerprint density at radius 2 is 1.81 bits per heavy atom. The molecule has 0 aromatic carbocycles. The molecular weight excluding hydrogens is 216 g/mol. The van der Waals surface area contributed by atoms with Crippen molar-refractivity contribution in [3.05, 3.63) is 0 Å². The molecule has 1 aliphatic carbocycles. The van der Waals surface area contributed by atoms with Crippen LogP contribution in [0.2, 0.25) is 0 Å². The second-order valence-electron chi connectivity index (χ2n) is 5.26. The maximum Gasteiger partial charge on any atom is 0.0331 e. The minimum absolute atomic E-state index is 0.283. The van der Waals surface area contributed by atoms with Gasteiger partial charge in [0.15, 0.2) is 0 Å². The van der Waals surface area contributed by atoms with E-state index in [-0.39, 0.29) is 5.54 Å². The van der Waals surface area contributed by atoms with Crippen molar-refractivity contribution in [3.8, 4) is 0 Å². The number of hydrogen-bond acceptors (Lipinski definition) is 3. The Kier molecular flexibility index (Phi) is 6.16. The average molecular weight is 244 g/mol. The summed E-state index contributed by atoms with van der Waals surface area (Å²) in [6.45, 7) is 3.15. The summed E-state index contributed by atoms with van der Waals surface area (Å²) in [4.78, 5) is 2.56. The Hall–Kier alpha value is 0.270. The molecule has 0 bridgehead atoms. The molecule has 3 heteroatoms. The van der Waals surface area contributed by atoms with Crippen LogP contribution in [0.1, 0.15) is 45.4 Å². The highest BCUT2D eigenvalue weighted by molar-refractivity contribution is 7.98. The van der Waals surface area contributed by atoms with E-state index in [9.17, 15) is 0 Å². The molecular formula is C13H28N2S. The molecule has 1 fully saturated rings. The molecule has 0 radical (unpaired) electrons. The van der Waals surface area contributed by atoms with Crippen molar-refractivity contribution < 1.29 is 0 Å². The van der Waals surface area contributed by atoms with Gasteiger partial charge < -0.3 is 5.73 Å². The van der Waals surface area contributed by atoms with Gasteiger partial charge in [-0.2, -0.15) is 11.8 Å². The zero-order valence-corrected chi connectivity index (χ0v) is 12.0. The van der Waals surface area contributed by atoms with Gasteiger partial charge in [-0.15, -0.1) is 0 Å². The molecule has 96 valence electrons. The van der Waals surface area contributed by atoms with E-state index in [1.807, 2.05) is 11.8 Å². The second kappa shape index (κ2) is 6.87. The van der Waals surface area contributed by atoms with E-state index < -0.39 is 0 Å². The predicted molar refractivity (Wildman–Crippen MR) is 75.1 cm³/mol. The largest absolute Gasteiger partial charge is 0.329 e. The van der Waals surface area contributed by atoms with Crippen molar-refractivity contribution >= 4 is 11.8 Å². The van der Waals surface area contributed by atoms with Crippen LogP contribution >= 0.6 is 11.8 Å². The van der Waals surface area contributed by atoms with Crippen LogP contribution in [0.15, 0.2) is 0 Å². The lowest BCUT2D eigenvalue weighted by Gasteiger charge is -2.44. The predicted octanol–water partition coefficient (Wildman–Crippen LogP) is 2.72. The number of thioether (sulfide) groups is 1. The molecule has 0 amide bonds. The van der Waals surface area contributed by atoms with E-state index in [1.165, 1.54) is 44.3 Å². The molecule has 1 aliphatic rings. The second-order valence-corrected chi connectivity index (χ2v) is 6.17. The molecule has 1 atom stereocenters. The highest BCUT2D eigenvalue weighted by Crippen LogP contribution is 2.32. The molecule has 1 unspecified atom stereocenters. The molecule has 2 nitrogen and oxygen atoms in total. The monoisotopic (exact) mass is 244 g/mol. The normalized spacial score (nSPS) is 23.1. The molecule has 0 aromatic rings. The van der Waals surface area contributed by atoms with Gasteiger partial charge in [-0.3, -0.25) is 4.90 Å². The lowest BCUT2D eigenvalue weighted by atomic mass is 9.87. The number of rotatable bonds is 5. The lowest BCUT2D eigenvalue weighted by molar-refractivity contribution is 0.0786. The van der Waals surface area contributed by atoms with E-state index in [4.69, 9.17) is 5.73 Å². The first-order valence-electron chi connectivity index (χ1n) is 6.58. The standard InChI is InChI=1S/C13H28N2S/c1-12(10-16-3)15(2)13(11-14)8-6-4-5-7-9-13/h12H,4-11,14H2,1-3H3. The first kappa shape index (κ1) is 14.3. The van der Waals surface area contributed by atoms with E-state index in [1.54, 1.807) is 0 Å². The summed E-state index contributed by atoms with van der Waals surface area (Å²) in [6.07, 6.45) is 10.3. The zero-order chi connectivity index (χ0) is 12.0. The third kappa shape index (κ3) is 3.38. The van der Waals surface area contributed by atoms with Gasteiger partial charge in [-0.05, 0) is 33.1 Å². The van der Waals surface area contributed by atoms with Crippen molar-refractivity contribution in [2.45, 2.75) is 57.0 Å². The highest BCUT2D eigenvalue weighted by atomic mass is 32.2. The van der Waals surface area contributed by atoms with Crippen molar-refractivity contribution in [1.29, 1.82) is 0 Å². The molecule has 2 N–H and O–H groups in total. The van der Waals surface area contributed by atoms with E-state index in [0.717, 1.165) is 6.54 Å². The van der Waals surface area contributed by atoms with Gasteiger partial charge in [-0.1, -0.05) is 25.7 Å². The zero-order valence-electron chi connectivity index (χ0n) is 11.2. The summed E-state index contributed by atoms with van der Waals surface area (Å²) in [5.74, 6) is 1.21. The maximum atomic E-state index is 6.09.